The van der Waals surface area contributed by atoms with Crippen LogP contribution in [0.15, 0.2) is 71.6 Å². The number of nitrogens with zero attached hydrogens (tertiary/aromatic N) is 1. The van der Waals surface area contributed by atoms with Gasteiger partial charge < -0.3 is 0 Å². The van der Waals surface area contributed by atoms with Gasteiger partial charge in [-0.2, -0.15) is 0 Å². The molecule has 0 aliphatic heterocycles. The van der Waals surface area contributed by atoms with Crippen LogP contribution in [0, 0.1) is 15.9 Å². The molecule has 30 heavy (non-hydrogen) atoms. The molecule has 0 fully saturated rings. The smallest absolute Gasteiger partial charge is 0.270 e. The van der Waals surface area contributed by atoms with E-state index in [-0.39, 0.29) is 39.1 Å². The first-order valence-electron chi connectivity index (χ1n) is 8.50. The highest BCUT2D eigenvalue weighted by Crippen LogP contribution is 2.22. The Morgan fingerprint density at radius 3 is 2.50 bits per heavy atom. The van der Waals surface area contributed by atoms with Crippen LogP contribution in [-0.4, -0.2) is 19.1 Å². The fourth-order valence-electron chi connectivity index (χ4n) is 2.67. The molecule has 0 unspecified atom stereocenters. The zero-order chi connectivity index (χ0) is 21.9. The molecule has 0 amide bonds. The fourth-order valence-corrected chi connectivity index (χ4v) is 3.96. The maximum absolute atomic E-state index is 13.3. The minimum absolute atomic E-state index is 0.0545. The molecule has 0 aromatic heterocycles. The lowest BCUT2D eigenvalue weighted by molar-refractivity contribution is -0.385. The number of Topliss-reactive ketones (excluding diaryl/α,β-unsaturated/α-hetero) is 1. The molecule has 0 atom stereocenters. The van der Waals surface area contributed by atoms with Crippen molar-refractivity contribution in [3.8, 4) is 0 Å². The standard InChI is InChI=1S/C20H14ClFN2O5S/c21-18-9-13(7-8-19(18)22)10-20(25)14-3-1-4-15(11-14)23-30(28,29)17-6-2-5-16(12-17)24(26)27/h1-9,11-12,23H,10H2. The Morgan fingerprint density at radius 1 is 1.07 bits per heavy atom. The summed E-state index contributed by atoms with van der Waals surface area (Å²) in [5.41, 5.74) is 0.493. The Labute approximate surface area is 176 Å². The maximum Gasteiger partial charge on any atom is 0.270 e. The third-order valence-corrected chi connectivity index (χ3v) is 5.79. The molecule has 0 aliphatic carbocycles. The van der Waals surface area contributed by atoms with Gasteiger partial charge in [-0.1, -0.05) is 35.9 Å². The first-order valence-corrected chi connectivity index (χ1v) is 10.4. The number of nitro groups is 1. The molecule has 0 radical (unpaired) electrons. The number of carbonyl (C=O) groups excluding carboxylic acids is 1. The molecule has 0 spiro atoms. The van der Waals surface area contributed by atoms with E-state index in [4.69, 9.17) is 11.6 Å². The van der Waals surface area contributed by atoms with Crippen LogP contribution in [0.5, 0.6) is 0 Å². The van der Waals surface area contributed by atoms with Crippen LogP contribution in [0.1, 0.15) is 15.9 Å². The van der Waals surface area contributed by atoms with Gasteiger partial charge in [0.05, 0.1) is 14.8 Å². The lowest BCUT2D eigenvalue weighted by atomic mass is 10.0. The number of benzene rings is 3. The lowest BCUT2D eigenvalue weighted by Crippen LogP contribution is -2.14. The Morgan fingerprint density at radius 2 is 1.80 bits per heavy atom. The highest BCUT2D eigenvalue weighted by atomic mass is 35.5. The summed E-state index contributed by atoms with van der Waals surface area (Å²) in [6.07, 6.45) is -0.0545. The quantitative estimate of drug-likeness (QED) is 0.322. The van der Waals surface area contributed by atoms with Gasteiger partial charge in [0, 0.05) is 29.8 Å². The van der Waals surface area contributed by atoms with Crippen LogP contribution in [0.2, 0.25) is 5.02 Å². The maximum atomic E-state index is 13.3. The largest absolute Gasteiger partial charge is 0.294 e. The van der Waals surface area contributed by atoms with Crippen molar-refractivity contribution in [2.75, 3.05) is 4.72 Å². The van der Waals surface area contributed by atoms with Crippen LogP contribution in [0.4, 0.5) is 15.8 Å². The van der Waals surface area contributed by atoms with E-state index in [1.807, 2.05) is 0 Å². The highest BCUT2D eigenvalue weighted by molar-refractivity contribution is 7.92. The lowest BCUT2D eigenvalue weighted by Gasteiger charge is -2.09. The molecule has 0 aliphatic rings. The van der Waals surface area contributed by atoms with Gasteiger partial charge in [0.2, 0.25) is 0 Å². The topological polar surface area (TPSA) is 106 Å². The summed E-state index contributed by atoms with van der Waals surface area (Å²) in [6, 6.07) is 14.4. The molecule has 0 bridgehead atoms. The monoisotopic (exact) mass is 448 g/mol. The van der Waals surface area contributed by atoms with E-state index in [0.717, 1.165) is 12.1 Å². The van der Waals surface area contributed by atoms with E-state index in [1.54, 1.807) is 0 Å². The number of halogens is 2. The number of sulfonamides is 1. The number of rotatable bonds is 7. The van der Waals surface area contributed by atoms with Crippen molar-refractivity contribution in [2.45, 2.75) is 11.3 Å². The molecule has 3 aromatic rings. The molecule has 0 saturated heterocycles. The molecule has 0 heterocycles. The molecular weight excluding hydrogens is 435 g/mol. The second kappa shape index (κ2) is 8.60. The molecule has 7 nitrogen and oxygen atoms in total. The third kappa shape index (κ3) is 5.00. The Kier molecular flexibility index (Phi) is 6.14. The number of nitro benzene ring substituents is 1. The number of ketones is 1. The van der Waals surface area contributed by atoms with Crippen LogP contribution < -0.4 is 4.72 Å². The Balaban J connectivity index is 1.81. The number of carbonyl (C=O) groups is 1. The first-order chi connectivity index (χ1) is 14.2. The van der Waals surface area contributed by atoms with Gasteiger partial charge in [0.1, 0.15) is 5.82 Å². The van der Waals surface area contributed by atoms with Crippen molar-refractivity contribution in [1.29, 1.82) is 0 Å². The predicted molar refractivity (Wildman–Crippen MR) is 110 cm³/mol. The van der Waals surface area contributed by atoms with Crippen LogP contribution in [0.3, 0.4) is 0 Å². The summed E-state index contributed by atoms with van der Waals surface area (Å²) in [7, 11) is -4.11. The molecule has 1 N–H and O–H groups in total. The molecule has 0 saturated carbocycles. The van der Waals surface area contributed by atoms with E-state index < -0.39 is 20.8 Å². The Bertz CT molecular complexity index is 1250. The van der Waals surface area contributed by atoms with Crippen molar-refractivity contribution >= 4 is 38.8 Å². The van der Waals surface area contributed by atoms with E-state index in [0.29, 0.717) is 5.56 Å². The number of anilines is 1. The van der Waals surface area contributed by atoms with E-state index >= 15 is 0 Å². The van der Waals surface area contributed by atoms with E-state index in [9.17, 15) is 27.7 Å². The molecule has 154 valence electrons. The van der Waals surface area contributed by atoms with Gasteiger partial charge in [-0.15, -0.1) is 0 Å². The second-order valence-corrected chi connectivity index (χ2v) is 8.38. The first kappa shape index (κ1) is 21.4. The van der Waals surface area contributed by atoms with Crippen LogP contribution in [-0.2, 0) is 16.4 Å². The van der Waals surface area contributed by atoms with Crippen molar-refractivity contribution < 1.29 is 22.5 Å². The van der Waals surface area contributed by atoms with E-state index in [1.165, 1.54) is 54.6 Å². The number of hydrogen-bond donors (Lipinski definition) is 1. The van der Waals surface area contributed by atoms with Gasteiger partial charge >= 0.3 is 0 Å². The van der Waals surface area contributed by atoms with Gasteiger partial charge in [0.25, 0.3) is 15.7 Å². The summed E-state index contributed by atoms with van der Waals surface area (Å²) in [4.78, 5) is 22.4. The fraction of sp³-hybridized carbons (Fsp3) is 0.0500. The predicted octanol–water partition coefficient (Wildman–Crippen LogP) is 4.61. The Hall–Kier alpha value is -3.30. The van der Waals surface area contributed by atoms with Crippen molar-refractivity contribution in [3.05, 3.63) is 98.8 Å². The summed E-state index contributed by atoms with van der Waals surface area (Å²) in [5, 5.41) is 10.8. The zero-order valence-electron chi connectivity index (χ0n) is 15.2. The third-order valence-electron chi connectivity index (χ3n) is 4.12. The van der Waals surface area contributed by atoms with Gasteiger partial charge in [0.15, 0.2) is 5.78 Å². The van der Waals surface area contributed by atoms with Crippen LogP contribution in [0.25, 0.3) is 0 Å². The molecular formula is C20H14ClFN2O5S. The number of non-ortho nitro benzene ring substituents is 1. The summed E-state index contributed by atoms with van der Waals surface area (Å²) < 4.78 is 40.7. The van der Waals surface area contributed by atoms with Gasteiger partial charge in [-0.25, -0.2) is 12.8 Å². The average Bonchev–Trinajstić information content (AvgIpc) is 2.70. The van der Waals surface area contributed by atoms with Crippen molar-refractivity contribution in [1.82, 2.24) is 0 Å². The summed E-state index contributed by atoms with van der Waals surface area (Å²) in [6.45, 7) is 0. The average molecular weight is 449 g/mol. The molecule has 3 rings (SSSR count). The number of nitrogens with one attached hydrogen (secondary N) is 1. The normalized spacial score (nSPS) is 11.1. The molecule has 3 aromatic carbocycles. The van der Waals surface area contributed by atoms with E-state index in [2.05, 4.69) is 4.72 Å². The van der Waals surface area contributed by atoms with Gasteiger partial charge in [-0.05, 0) is 35.9 Å². The zero-order valence-corrected chi connectivity index (χ0v) is 16.8. The molecule has 10 heteroatoms. The van der Waals surface area contributed by atoms with Crippen LogP contribution >= 0.6 is 11.6 Å². The summed E-state index contributed by atoms with van der Waals surface area (Å²) in [5.74, 6) is -0.917. The van der Waals surface area contributed by atoms with Crippen molar-refractivity contribution in [3.63, 3.8) is 0 Å². The minimum Gasteiger partial charge on any atom is -0.294 e. The number of hydrogen-bond acceptors (Lipinski definition) is 5. The second-order valence-electron chi connectivity index (χ2n) is 6.29. The van der Waals surface area contributed by atoms with Gasteiger partial charge in [-0.3, -0.25) is 19.6 Å². The minimum atomic E-state index is -4.11. The van der Waals surface area contributed by atoms with Crippen molar-refractivity contribution in [2.24, 2.45) is 0 Å². The SMILES string of the molecule is O=C(Cc1ccc(F)c(Cl)c1)c1cccc(NS(=O)(=O)c2cccc([N+](=O)[O-])c2)c1. The summed E-state index contributed by atoms with van der Waals surface area (Å²) >= 11 is 5.72. The highest BCUT2D eigenvalue weighted by Gasteiger charge is 2.18.